The number of hydrogen-bond donors (Lipinski definition) is 7. The number of benzene rings is 2. The largest absolute Gasteiger partial charge is 0.631 e. The van der Waals surface area contributed by atoms with Crippen LogP contribution in [0, 0.1) is 20.8 Å². The number of aliphatic hydroxyl groups is 1. The van der Waals surface area contributed by atoms with E-state index in [1.165, 1.54) is 24.3 Å². The number of rotatable bonds is 7. The number of carbonyl (C=O) groups excluding carboxylic acids is 5. The van der Waals surface area contributed by atoms with E-state index in [-0.39, 0.29) is 191 Å². The zero-order valence-electron chi connectivity index (χ0n) is 36.9. The molecule has 3 aliphatic heterocycles. The molecule has 6 rings (SSSR count). The number of hydrogen-bond acceptors (Lipinski definition) is 19. The van der Waals surface area contributed by atoms with Crippen LogP contribution in [0.25, 0.3) is 0 Å². The van der Waals surface area contributed by atoms with Crippen LogP contribution in [-0.2, 0) is 159 Å². The molecule has 0 bridgehead atoms. The SMILES string of the molecule is C.C=C1C=CC(=O)C=C1.O=C=O.OB(O)O.[CH2-][C@H]1O[C@@H](C)C[C@H]1O.[CH2-][C@H]1O[C@@H](C)C[C@H]1OC(=O)OCc1ccc(B(O)O)cc1.[CH2-][C@H]1O[C@@H](C)C[C@H]1OC(=O)OCc1ccc(O)cc1.[Y].[Y].[Y]. The fourth-order valence-corrected chi connectivity index (χ4v) is 5.49. The smallest absolute Gasteiger partial charge is 0.508 e. The number of allylic oxidation sites excluding steroid dienone is 5. The van der Waals surface area contributed by atoms with Gasteiger partial charge in [-0.3, -0.25) is 4.79 Å². The third-order valence-corrected chi connectivity index (χ3v) is 8.53. The summed E-state index contributed by atoms with van der Waals surface area (Å²) in [7, 11) is -3.68. The summed E-state index contributed by atoms with van der Waals surface area (Å²) in [6.07, 6.45) is 5.33. The molecule has 0 spiro atoms. The molecule has 2 aromatic carbocycles. The molecule has 3 radical (unpaired) electrons. The first kappa shape index (κ1) is 71.7. The molecule has 0 amide bonds. The molecular weight excluding hydrogens is 1110 g/mol. The van der Waals surface area contributed by atoms with Gasteiger partial charge in [0.15, 0.2) is 5.78 Å². The monoisotopic (exact) mass is 1170 g/mol. The Morgan fingerprint density at radius 1 is 0.687 bits per heavy atom. The van der Waals surface area contributed by atoms with Crippen molar-refractivity contribution in [1.82, 2.24) is 0 Å². The van der Waals surface area contributed by atoms with Crippen molar-refractivity contribution in [2.75, 3.05) is 0 Å². The second-order valence-electron chi connectivity index (χ2n) is 14.0. The number of carbonyl (C=O) groups is 3. The molecule has 24 heteroatoms. The van der Waals surface area contributed by atoms with E-state index in [1.54, 1.807) is 48.6 Å². The Morgan fingerprint density at radius 3 is 1.30 bits per heavy atom. The van der Waals surface area contributed by atoms with E-state index in [0.717, 1.165) is 23.1 Å². The van der Waals surface area contributed by atoms with Crippen LogP contribution in [0.3, 0.4) is 0 Å². The Balaban J connectivity index is -0.000000392. The maximum atomic E-state index is 11.6. The molecule has 4 aliphatic rings. The van der Waals surface area contributed by atoms with Crippen molar-refractivity contribution in [2.45, 2.75) is 116 Å². The van der Waals surface area contributed by atoms with Gasteiger partial charge in [-0.15, -0.1) is 0 Å². The van der Waals surface area contributed by atoms with Gasteiger partial charge < -0.3 is 89.3 Å². The van der Waals surface area contributed by atoms with Crippen molar-refractivity contribution in [1.29, 1.82) is 0 Å². The third kappa shape index (κ3) is 33.4. The Kier molecular flexibility index (Phi) is 42.6. The zero-order chi connectivity index (χ0) is 47.6. The molecule has 9 atom stereocenters. The van der Waals surface area contributed by atoms with Crippen LogP contribution in [0.1, 0.15) is 58.6 Å². The second-order valence-corrected chi connectivity index (χ2v) is 14.0. The molecule has 3 saturated heterocycles. The average molecular weight is 1170 g/mol. The molecule has 0 unspecified atom stereocenters. The van der Waals surface area contributed by atoms with E-state index in [1.807, 2.05) is 20.8 Å². The number of ether oxygens (including phenoxy) is 7. The van der Waals surface area contributed by atoms with Gasteiger partial charge in [0.25, 0.3) is 0 Å². The van der Waals surface area contributed by atoms with Crippen LogP contribution in [0.2, 0.25) is 0 Å². The molecule has 2 aromatic rings. The van der Waals surface area contributed by atoms with Crippen LogP contribution in [0.5, 0.6) is 5.75 Å². The number of phenolic OH excluding ortho intramolecular Hbond substituents is 1. The molecule has 67 heavy (non-hydrogen) atoms. The minimum atomic E-state index is -2.17. The first-order chi connectivity index (χ1) is 29.6. The zero-order valence-corrected chi connectivity index (χ0v) is 45.4. The topological polar surface area (TPSA) is 292 Å². The summed E-state index contributed by atoms with van der Waals surface area (Å²) in [6.45, 7) is 20.6. The summed E-state index contributed by atoms with van der Waals surface area (Å²) < 4.78 is 36.2. The molecule has 0 saturated carbocycles. The fraction of sp³-hybridized carbons (Fsp3) is 0.419. The van der Waals surface area contributed by atoms with E-state index >= 15 is 0 Å². The summed E-state index contributed by atoms with van der Waals surface area (Å²) in [4.78, 5) is 49.8. The Hall–Kier alpha value is -1.87. The van der Waals surface area contributed by atoms with E-state index in [4.69, 9.17) is 78.1 Å². The molecule has 3 fully saturated rings. The van der Waals surface area contributed by atoms with Gasteiger partial charge in [-0.2, -0.15) is 9.59 Å². The minimum absolute atomic E-state index is 0. The van der Waals surface area contributed by atoms with Crippen molar-refractivity contribution in [3.8, 4) is 5.75 Å². The van der Waals surface area contributed by atoms with E-state index in [9.17, 15) is 14.4 Å². The van der Waals surface area contributed by atoms with Crippen molar-refractivity contribution in [3.63, 3.8) is 0 Å². The molecule has 7 N–H and O–H groups in total. The maximum absolute atomic E-state index is 11.6. The molecule has 3 heterocycles. The molecular formula is C43H59B2O19Y3-3. The molecule has 19 nitrogen and oxygen atoms in total. The van der Waals surface area contributed by atoms with Gasteiger partial charge in [-0.05, 0) is 92.0 Å². The van der Waals surface area contributed by atoms with Gasteiger partial charge in [-0.25, -0.2) is 9.59 Å². The standard InChI is InChI=1S/C14H18BO6.C14H17O5.C7H6O.C6H11O2.CO2.CH4.BH3O3.3Y/c1-9-7-13(10(2)20-9)21-14(16)19-8-11-3-5-12(6-4-11)15(17)18;1-9-7-13(10(2)18-9)19-14(16)17-8-11-3-5-12(15)6-4-11;1-6-2-4-7(8)5-3-6;1-4-3-6(7)5(2)8-4;2-1-3;;2-1(3)4;;;/h3-6,9-10,13,17-18H,2,7-8H2,1H3;3-6,9-10,13,15H,2,7-8H2,1H3;2-5H,1H2;4-7H,2-3H2,1H3;;1H4;2-4H;;;/q2*-1;;-1;;;;;;/t2*9-,10+,13+;;4-,5+,6+;;;;;;/m00.0....../s1. The summed E-state index contributed by atoms with van der Waals surface area (Å²) in [5.41, 5.74) is 2.75. The van der Waals surface area contributed by atoms with Gasteiger partial charge >= 0.3 is 32.9 Å². The average Bonchev–Trinajstić information content (AvgIpc) is 3.82. The quantitative estimate of drug-likeness (QED) is 0.119. The summed E-state index contributed by atoms with van der Waals surface area (Å²) in [5, 5.41) is 57.5. The van der Waals surface area contributed by atoms with Gasteiger partial charge in [0.2, 0.25) is 0 Å². The van der Waals surface area contributed by atoms with Gasteiger partial charge in [0.05, 0.1) is 24.4 Å². The minimum Gasteiger partial charge on any atom is -0.508 e. The second kappa shape index (κ2) is 39.8. The molecule has 363 valence electrons. The summed E-state index contributed by atoms with van der Waals surface area (Å²) >= 11 is 0. The van der Waals surface area contributed by atoms with Crippen LogP contribution in [0.15, 0.2) is 85.0 Å². The molecule has 1 aliphatic carbocycles. The summed E-state index contributed by atoms with van der Waals surface area (Å²) in [5.74, 6) is 0.209. The van der Waals surface area contributed by atoms with E-state index in [0.29, 0.717) is 18.3 Å². The van der Waals surface area contributed by atoms with Crippen LogP contribution < -0.4 is 5.46 Å². The van der Waals surface area contributed by atoms with Gasteiger partial charge in [0.1, 0.15) is 31.2 Å². The first-order valence-corrected chi connectivity index (χ1v) is 19.3. The number of aromatic hydroxyl groups is 1. The predicted octanol–water partition coefficient (Wildman–Crippen LogP) is 2.41. The Morgan fingerprint density at radius 2 is 1.03 bits per heavy atom. The predicted molar refractivity (Wildman–Crippen MR) is 230 cm³/mol. The van der Waals surface area contributed by atoms with Crippen LogP contribution in [-0.4, -0.2) is 129 Å². The molecule has 0 aromatic heterocycles. The Bertz CT molecular complexity index is 1730. The first-order valence-electron chi connectivity index (χ1n) is 19.3. The van der Waals surface area contributed by atoms with Crippen molar-refractivity contribution < 1.29 is 191 Å². The van der Waals surface area contributed by atoms with Crippen LogP contribution in [0.4, 0.5) is 9.59 Å². The van der Waals surface area contributed by atoms with Crippen molar-refractivity contribution in [2.24, 2.45) is 0 Å². The number of ketones is 1. The van der Waals surface area contributed by atoms with Crippen molar-refractivity contribution >= 4 is 44.1 Å². The maximum Gasteiger partial charge on any atom is 0.631 e. The van der Waals surface area contributed by atoms with Crippen molar-refractivity contribution in [3.05, 3.63) is 117 Å². The van der Waals surface area contributed by atoms with Gasteiger partial charge in [-0.1, -0.05) is 62.6 Å². The van der Waals surface area contributed by atoms with Crippen LogP contribution >= 0.6 is 0 Å². The third-order valence-electron chi connectivity index (χ3n) is 8.53. The van der Waals surface area contributed by atoms with Gasteiger partial charge in [0, 0.05) is 111 Å². The van der Waals surface area contributed by atoms with E-state index in [2.05, 4.69) is 27.4 Å². The van der Waals surface area contributed by atoms with E-state index < -0.39 is 26.8 Å². The fourth-order valence-electron chi connectivity index (χ4n) is 5.49. The number of aliphatic hydroxyl groups excluding tert-OH is 1. The number of phenols is 1. The normalized spacial score (nSPS) is 23.4. The Labute approximate surface area is 468 Å². The summed E-state index contributed by atoms with van der Waals surface area (Å²) in [6, 6.07) is 12.8.